The zero-order valence-electron chi connectivity index (χ0n) is 16.5. The number of hydrogen-bond acceptors (Lipinski definition) is 4. The highest BCUT2D eigenvalue weighted by Crippen LogP contribution is 2.53. The van der Waals surface area contributed by atoms with Gasteiger partial charge in [-0.1, -0.05) is 43.0 Å². The number of benzene rings is 1. The number of hydrogen-bond donors (Lipinski definition) is 0. The summed E-state index contributed by atoms with van der Waals surface area (Å²) in [5, 5.41) is 8.99. The van der Waals surface area contributed by atoms with Crippen molar-refractivity contribution in [3.63, 3.8) is 0 Å². The van der Waals surface area contributed by atoms with Crippen LogP contribution in [-0.2, 0) is 16.6 Å². The van der Waals surface area contributed by atoms with E-state index in [2.05, 4.69) is 14.8 Å². The van der Waals surface area contributed by atoms with E-state index in [1.54, 1.807) is 28.6 Å². The van der Waals surface area contributed by atoms with Crippen LogP contribution in [0.2, 0.25) is 5.02 Å². The molecule has 1 aromatic carbocycles. The number of rotatable bonds is 5. The monoisotopic (exact) mass is 434 g/mol. The molecule has 0 bridgehead atoms. The van der Waals surface area contributed by atoms with Crippen molar-refractivity contribution in [1.82, 2.24) is 19.1 Å². The number of nitrogens with zero attached hydrogens (tertiary/aromatic N) is 4. The first-order valence-electron chi connectivity index (χ1n) is 10.6. The smallest absolute Gasteiger partial charge is 0.244 e. The minimum Gasteiger partial charge on any atom is -0.317 e. The maximum atomic E-state index is 13.5. The Kier molecular flexibility index (Phi) is 4.95. The van der Waals surface area contributed by atoms with E-state index in [1.165, 1.54) is 19.3 Å². The molecule has 2 aliphatic carbocycles. The first-order chi connectivity index (χ1) is 14.0. The summed E-state index contributed by atoms with van der Waals surface area (Å²) < 4.78 is 30.8. The number of sulfonamides is 1. The summed E-state index contributed by atoms with van der Waals surface area (Å²) in [7, 11) is -3.65. The second-order valence-electron chi connectivity index (χ2n) is 8.99. The fourth-order valence-electron chi connectivity index (χ4n) is 5.27. The predicted molar refractivity (Wildman–Crippen MR) is 111 cm³/mol. The van der Waals surface area contributed by atoms with Crippen LogP contribution < -0.4 is 0 Å². The summed E-state index contributed by atoms with van der Waals surface area (Å²) in [6, 6.07) is 6.74. The molecule has 6 nitrogen and oxygen atoms in total. The fourth-order valence-corrected chi connectivity index (χ4v) is 7.31. The molecule has 0 amide bonds. The second kappa shape index (κ2) is 7.36. The quantitative estimate of drug-likeness (QED) is 0.711. The Morgan fingerprint density at radius 1 is 1.14 bits per heavy atom. The molecule has 2 saturated carbocycles. The SMILES string of the molecule is O=S(=O)(c1ccccc1Cl)N1CC(c2nncn2CC2CC2)C2(CCCCC2)C1. The molecular formula is C21H27ClN4O2S. The van der Waals surface area contributed by atoms with Crippen LogP contribution in [0, 0.1) is 11.3 Å². The Morgan fingerprint density at radius 3 is 2.62 bits per heavy atom. The molecule has 156 valence electrons. The van der Waals surface area contributed by atoms with E-state index in [4.69, 9.17) is 11.6 Å². The topological polar surface area (TPSA) is 68.1 Å². The highest BCUT2D eigenvalue weighted by Gasteiger charge is 2.52. The molecule has 0 N–H and O–H groups in total. The molecule has 8 heteroatoms. The van der Waals surface area contributed by atoms with Crippen molar-refractivity contribution in [3.05, 3.63) is 41.4 Å². The molecule has 1 aliphatic heterocycles. The predicted octanol–water partition coefficient (Wildman–Crippen LogP) is 4.08. The van der Waals surface area contributed by atoms with E-state index in [0.29, 0.717) is 13.1 Å². The van der Waals surface area contributed by atoms with Gasteiger partial charge < -0.3 is 4.57 Å². The molecule has 1 spiro atoms. The number of aromatic nitrogens is 3. The van der Waals surface area contributed by atoms with E-state index in [1.807, 2.05) is 6.33 Å². The van der Waals surface area contributed by atoms with Gasteiger partial charge in [-0.15, -0.1) is 10.2 Å². The van der Waals surface area contributed by atoms with Crippen LogP contribution in [0.1, 0.15) is 56.7 Å². The van der Waals surface area contributed by atoms with Crippen molar-refractivity contribution in [2.75, 3.05) is 13.1 Å². The molecule has 29 heavy (non-hydrogen) atoms. The molecule has 1 aromatic heterocycles. The van der Waals surface area contributed by atoms with Gasteiger partial charge >= 0.3 is 0 Å². The third-order valence-corrected chi connectivity index (χ3v) is 9.34. The van der Waals surface area contributed by atoms with Crippen LogP contribution in [0.4, 0.5) is 0 Å². The highest BCUT2D eigenvalue weighted by molar-refractivity contribution is 7.89. The van der Waals surface area contributed by atoms with Gasteiger partial charge in [0, 0.05) is 25.6 Å². The minimum absolute atomic E-state index is 0.0547. The van der Waals surface area contributed by atoms with E-state index < -0.39 is 10.0 Å². The molecule has 1 unspecified atom stereocenters. The van der Waals surface area contributed by atoms with E-state index >= 15 is 0 Å². The lowest BCUT2D eigenvalue weighted by atomic mass is 9.67. The van der Waals surface area contributed by atoms with Crippen LogP contribution in [-0.4, -0.2) is 40.6 Å². The summed E-state index contributed by atoms with van der Waals surface area (Å²) >= 11 is 6.26. The van der Waals surface area contributed by atoms with Gasteiger partial charge in [0.1, 0.15) is 17.0 Å². The van der Waals surface area contributed by atoms with Gasteiger partial charge in [0.25, 0.3) is 0 Å². The second-order valence-corrected chi connectivity index (χ2v) is 11.3. The van der Waals surface area contributed by atoms with Crippen LogP contribution in [0.3, 0.4) is 0 Å². The third-order valence-electron chi connectivity index (χ3n) is 7.03. The minimum atomic E-state index is -3.65. The van der Waals surface area contributed by atoms with Crippen molar-refractivity contribution >= 4 is 21.6 Å². The van der Waals surface area contributed by atoms with E-state index in [9.17, 15) is 8.42 Å². The highest BCUT2D eigenvalue weighted by atomic mass is 35.5. The Bertz CT molecular complexity index is 996. The van der Waals surface area contributed by atoms with Gasteiger partial charge in [0.05, 0.1) is 5.02 Å². The van der Waals surface area contributed by atoms with Gasteiger partial charge in [-0.05, 0) is 49.1 Å². The van der Waals surface area contributed by atoms with Crippen molar-refractivity contribution in [1.29, 1.82) is 0 Å². The average molecular weight is 435 g/mol. The van der Waals surface area contributed by atoms with Crippen molar-refractivity contribution in [2.45, 2.75) is 62.3 Å². The van der Waals surface area contributed by atoms with Gasteiger partial charge in [0.15, 0.2) is 0 Å². The summed E-state index contributed by atoms with van der Waals surface area (Å²) in [6.45, 7) is 1.95. The van der Waals surface area contributed by atoms with Crippen molar-refractivity contribution in [2.24, 2.45) is 11.3 Å². The van der Waals surface area contributed by atoms with Gasteiger partial charge in [-0.2, -0.15) is 4.31 Å². The first kappa shape index (κ1) is 19.5. The molecule has 3 aliphatic rings. The standard InChI is InChI=1S/C21H27ClN4O2S/c22-18-6-2-3-7-19(18)29(27,28)26-13-17(21(14-26)10-4-1-5-11-21)20-24-23-15-25(20)12-16-8-9-16/h2-3,6-7,15-17H,1,4-5,8-14H2. The van der Waals surface area contributed by atoms with Gasteiger partial charge in [0.2, 0.25) is 10.0 Å². The summed E-state index contributed by atoms with van der Waals surface area (Å²) in [5.74, 6) is 1.77. The lowest BCUT2D eigenvalue weighted by Crippen LogP contribution is -2.34. The lowest BCUT2D eigenvalue weighted by Gasteiger charge is -2.37. The van der Waals surface area contributed by atoms with Crippen LogP contribution >= 0.6 is 11.6 Å². The summed E-state index contributed by atoms with van der Waals surface area (Å²) in [4.78, 5) is 0.202. The Morgan fingerprint density at radius 2 is 1.90 bits per heavy atom. The molecule has 2 aromatic rings. The van der Waals surface area contributed by atoms with Crippen molar-refractivity contribution < 1.29 is 8.42 Å². The molecule has 0 radical (unpaired) electrons. The van der Waals surface area contributed by atoms with Crippen LogP contribution in [0.5, 0.6) is 0 Å². The molecule has 5 rings (SSSR count). The molecule has 2 heterocycles. The largest absolute Gasteiger partial charge is 0.317 e. The summed E-state index contributed by atoms with van der Waals surface area (Å²) in [5.41, 5.74) is -0.0547. The number of halogens is 1. The van der Waals surface area contributed by atoms with Crippen LogP contribution in [0.15, 0.2) is 35.5 Å². The van der Waals surface area contributed by atoms with Gasteiger partial charge in [-0.25, -0.2) is 8.42 Å². The lowest BCUT2D eigenvalue weighted by molar-refractivity contribution is 0.176. The van der Waals surface area contributed by atoms with Gasteiger partial charge in [-0.3, -0.25) is 0 Å². The molecule has 3 fully saturated rings. The van der Waals surface area contributed by atoms with Crippen molar-refractivity contribution in [3.8, 4) is 0 Å². The Labute approximate surface area is 177 Å². The van der Waals surface area contributed by atoms with E-state index in [0.717, 1.165) is 44.0 Å². The fraction of sp³-hybridized carbons (Fsp3) is 0.619. The molecule has 1 saturated heterocycles. The Hall–Kier alpha value is -1.44. The maximum absolute atomic E-state index is 13.5. The average Bonchev–Trinajstić information content (AvgIpc) is 3.29. The normalized spacial score (nSPS) is 24.9. The zero-order valence-corrected chi connectivity index (χ0v) is 18.1. The zero-order chi connectivity index (χ0) is 20.1. The van der Waals surface area contributed by atoms with E-state index in [-0.39, 0.29) is 21.3 Å². The maximum Gasteiger partial charge on any atom is 0.244 e. The molecular weight excluding hydrogens is 408 g/mol. The summed E-state index contributed by atoms with van der Waals surface area (Å²) in [6.07, 6.45) is 9.96. The first-order valence-corrected chi connectivity index (χ1v) is 12.4. The Balaban J connectivity index is 1.51. The van der Waals surface area contributed by atoms with Crippen LogP contribution in [0.25, 0.3) is 0 Å². The molecule has 1 atom stereocenters. The third kappa shape index (κ3) is 3.51.